The zero-order chi connectivity index (χ0) is 29.0. The second-order valence-corrected chi connectivity index (χ2v) is 12.5. The van der Waals surface area contributed by atoms with E-state index in [4.69, 9.17) is 0 Å². The minimum Gasteiger partial charge on any atom is -0.309 e. The number of para-hydroxylation sites is 1. The quantitative estimate of drug-likeness (QED) is 0.201. The highest BCUT2D eigenvalue weighted by molar-refractivity contribution is 6.10. The number of nitrogens with zero attached hydrogens (tertiary/aromatic N) is 1. The van der Waals surface area contributed by atoms with Gasteiger partial charge >= 0.3 is 0 Å². The molecule has 1 nitrogen and oxygen atoms in total. The molecule has 0 fully saturated rings. The topological polar surface area (TPSA) is 4.93 Å². The molecule has 6 aromatic carbocycles. The third kappa shape index (κ3) is 4.15. The lowest BCUT2D eigenvalue weighted by atomic mass is 9.79. The highest BCUT2D eigenvalue weighted by Gasteiger charge is 2.34. The summed E-state index contributed by atoms with van der Waals surface area (Å²) < 4.78 is 2.42. The number of allylic oxidation sites excluding steroid dienone is 2. The predicted molar refractivity (Wildman–Crippen MR) is 185 cm³/mol. The molecule has 0 N–H and O–H groups in total. The number of benzene rings is 6. The summed E-state index contributed by atoms with van der Waals surface area (Å²) in [6, 6.07) is 53.6. The Morgan fingerprint density at radius 3 is 1.93 bits per heavy atom. The van der Waals surface area contributed by atoms with Crippen molar-refractivity contribution in [3.63, 3.8) is 0 Å². The van der Waals surface area contributed by atoms with Gasteiger partial charge in [0.05, 0.1) is 11.0 Å². The fourth-order valence-electron chi connectivity index (χ4n) is 7.84. The van der Waals surface area contributed by atoms with E-state index in [1.807, 2.05) is 0 Å². The monoisotopic (exact) mass is 563 g/mol. The highest BCUT2D eigenvalue weighted by Crippen LogP contribution is 2.48. The highest BCUT2D eigenvalue weighted by atomic mass is 15.0. The average Bonchev–Trinajstić information content (AvgIpc) is 3.63. The van der Waals surface area contributed by atoms with Crippen molar-refractivity contribution < 1.29 is 0 Å². The van der Waals surface area contributed by atoms with E-state index in [0.29, 0.717) is 11.8 Å². The lowest BCUT2D eigenvalue weighted by Gasteiger charge is -2.25. The van der Waals surface area contributed by atoms with Crippen molar-refractivity contribution in [2.45, 2.75) is 25.2 Å². The molecule has 44 heavy (non-hydrogen) atoms. The van der Waals surface area contributed by atoms with E-state index in [1.54, 1.807) is 0 Å². The zero-order valence-corrected chi connectivity index (χ0v) is 24.7. The van der Waals surface area contributed by atoms with Crippen LogP contribution in [-0.4, -0.2) is 4.57 Å². The van der Waals surface area contributed by atoms with Gasteiger partial charge in [-0.15, -0.1) is 0 Å². The lowest BCUT2D eigenvalue weighted by Crippen LogP contribution is -2.11. The molecule has 1 heteroatoms. The van der Waals surface area contributed by atoms with Gasteiger partial charge in [-0.25, -0.2) is 0 Å². The first-order chi connectivity index (χ1) is 21.8. The van der Waals surface area contributed by atoms with Gasteiger partial charge in [-0.2, -0.15) is 0 Å². The Hall–Kier alpha value is -5.14. The van der Waals surface area contributed by atoms with Crippen LogP contribution in [0.1, 0.15) is 35.4 Å². The Morgan fingerprint density at radius 2 is 1.14 bits per heavy atom. The van der Waals surface area contributed by atoms with E-state index >= 15 is 0 Å². The molecular formula is C43H33N. The van der Waals surface area contributed by atoms with Crippen molar-refractivity contribution in [3.8, 4) is 27.9 Å². The average molecular weight is 564 g/mol. The molecule has 0 radical (unpaired) electrons. The Bertz CT molecular complexity index is 2180. The summed E-state index contributed by atoms with van der Waals surface area (Å²) >= 11 is 0. The van der Waals surface area contributed by atoms with Crippen LogP contribution < -0.4 is 0 Å². The maximum atomic E-state index is 2.61. The summed E-state index contributed by atoms with van der Waals surface area (Å²) in [6.07, 6.45) is 6.21. The third-order valence-corrected chi connectivity index (χ3v) is 10.0. The van der Waals surface area contributed by atoms with Gasteiger partial charge in [0.1, 0.15) is 0 Å². The van der Waals surface area contributed by atoms with Crippen molar-refractivity contribution in [1.82, 2.24) is 4.57 Å². The Balaban J connectivity index is 1.11. The fraction of sp³-hybridized carbons (Fsp3) is 0.116. The largest absolute Gasteiger partial charge is 0.309 e. The number of hydrogen-bond donors (Lipinski definition) is 0. The molecule has 2 aliphatic rings. The second-order valence-electron chi connectivity index (χ2n) is 12.5. The van der Waals surface area contributed by atoms with Crippen LogP contribution in [0.2, 0.25) is 0 Å². The lowest BCUT2D eigenvalue weighted by molar-refractivity contribution is 0.466. The van der Waals surface area contributed by atoms with E-state index in [9.17, 15) is 0 Å². The normalized spacial score (nSPS) is 17.4. The van der Waals surface area contributed by atoms with Crippen LogP contribution in [0.5, 0.6) is 0 Å². The van der Waals surface area contributed by atoms with Crippen LogP contribution in [0.4, 0.5) is 0 Å². The number of aromatic nitrogens is 1. The summed E-state index contributed by atoms with van der Waals surface area (Å²) in [6.45, 7) is 0. The molecule has 1 heterocycles. The van der Waals surface area contributed by atoms with Crippen LogP contribution in [0.25, 0.3) is 55.3 Å². The number of hydrogen-bond acceptors (Lipinski definition) is 0. The Labute approximate surface area is 258 Å². The van der Waals surface area contributed by atoms with E-state index < -0.39 is 0 Å². The molecular weight excluding hydrogens is 530 g/mol. The number of fused-ring (bicyclic) bond motifs is 6. The molecule has 2 unspecified atom stereocenters. The van der Waals surface area contributed by atoms with Crippen molar-refractivity contribution in [2.75, 3.05) is 0 Å². The van der Waals surface area contributed by atoms with Crippen molar-refractivity contribution >= 4 is 27.4 Å². The first kappa shape index (κ1) is 25.4. The molecule has 0 aliphatic heterocycles. The second kappa shape index (κ2) is 10.2. The standard InChI is InChI=1S/C43H33N/c1-3-9-29(10-4-1)31-19-22-37(23-20-31)44-42-14-8-7-13-38(42)41-28-34(21-24-43(41)44)33-16-18-36-25-35-17-15-32(26-39(35)40(36)27-33)30-11-5-2-6-12-30/h1-15,17,19-24,26-28,36,40H,16,18,25H2. The Kier molecular flexibility index (Phi) is 5.91. The van der Waals surface area contributed by atoms with Gasteiger partial charge in [-0.05, 0) is 100 Å². The van der Waals surface area contributed by atoms with Crippen LogP contribution >= 0.6 is 0 Å². The van der Waals surface area contributed by atoms with E-state index in [-0.39, 0.29) is 0 Å². The van der Waals surface area contributed by atoms with Gasteiger partial charge in [0.15, 0.2) is 0 Å². The maximum Gasteiger partial charge on any atom is 0.0541 e. The summed E-state index contributed by atoms with van der Waals surface area (Å²) in [5.41, 5.74) is 14.8. The molecule has 7 aromatic rings. The van der Waals surface area contributed by atoms with Crippen LogP contribution in [0, 0.1) is 5.92 Å². The third-order valence-electron chi connectivity index (χ3n) is 10.0. The minimum atomic E-state index is 0.498. The molecule has 0 saturated heterocycles. The molecule has 0 bridgehead atoms. The number of rotatable bonds is 4. The molecule has 0 spiro atoms. The van der Waals surface area contributed by atoms with Crippen LogP contribution in [0.3, 0.4) is 0 Å². The summed E-state index contributed by atoms with van der Waals surface area (Å²) in [5.74, 6) is 1.21. The van der Waals surface area contributed by atoms with Gasteiger partial charge < -0.3 is 4.57 Å². The Morgan fingerprint density at radius 1 is 0.500 bits per heavy atom. The summed E-state index contributed by atoms with van der Waals surface area (Å²) in [4.78, 5) is 0. The van der Waals surface area contributed by atoms with Gasteiger partial charge in [-0.1, -0.05) is 121 Å². The zero-order valence-electron chi connectivity index (χ0n) is 24.7. The van der Waals surface area contributed by atoms with Crippen LogP contribution in [0.15, 0.2) is 152 Å². The molecule has 2 atom stereocenters. The molecule has 9 rings (SSSR count). The molecule has 1 aromatic heterocycles. The van der Waals surface area contributed by atoms with Crippen molar-refractivity contribution in [2.24, 2.45) is 5.92 Å². The van der Waals surface area contributed by atoms with Gasteiger partial charge in [-0.3, -0.25) is 0 Å². The molecule has 0 amide bonds. The fourth-order valence-corrected chi connectivity index (χ4v) is 7.84. The maximum absolute atomic E-state index is 2.61. The van der Waals surface area contributed by atoms with Crippen LogP contribution in [-0.2, 0) is 6.42 Å². The molecule has 210 valence electrons. The molecule has 2 aliphatic carbocycles. The minimum absolute atomic E-state index is 0.498. The smallest absolute Gasteiger partial charge is 0.0541 e. The van der Waals surface area contributed by atoms with Gasteiger partial charge in [0.25, 0.3) is 0 Å². The summed E-state index contributed by atoms with van der Waals surface area (Å²) in [7, 11) is 0. The van der Waals surface area contributed by atoms with E-state index in [0.717, 1.165) is 6.42 Å². The van der Waals surface area contributed by atoms with E-state index in [2.05, 4.69) is 156 Å². The SMILES string of the molecule is C1=C(c2ccc3c(c2)c2ccccc2n3-c2ccc(-c3ccccc3)cc2)CCC2Cc3ccc(-c4ccccc4)cc3C12. The summed E-state index contributed by atoms with van der Waals surface area (Å²) in [5, 5.41) is 2.64. The van der Waals surface area contributed by atoms with Crippen molar-refractivity contribution in [3.05, 3.63) is 168 Å². The van der Waals surface area contributed by atoms with Gasteiger partial charge in [0, 0.05) is 22.4 Å². The van der Waals surface area contributed by atoms with Gasteiger partial charge in [0.2, 0.25) is 0 Å². The molecule has 0 saturated carbocycles. The predicted octanol–water partition coefficient (Wildman–Crippen LogP) is 11.3. The first-order valence-corrected chi connectivity index (χ1v) is 15.9. The van der Waals surface area contributed by atoms with Crippen molar-refractivity contribution in [1.29, 1.82) is 0 Å². The van der Waals surface area contributed by atoms with E-state index in [1.165, 1.54) is 84.9 Å². The first-order valence-electron chi connectivity index (χ1n) is 15.9.